The molecule has 1 fully saturated rings. The highest BCUT2D eigenvalue weighted by atomic mass is 31.0. The molecule has 0 N–H and O–H groups in total. The van der Waals surface area contributed by atoms with Crippen molar-refractivity contribution in [3.8, 4) is 0 Å². The van der Waals surface area contributed by atoms with E-state index in [0.29, 0.717) is 5.92 Å². The molecule has 0 spiro atoms. The molecule has 4 atom stereocenters. The van der Waals surface area contributed by atoms with Crippen LogP contribution in [0.3, 0.4) is 0 Å². The smallest absolute Gasteiger partial charge is 0.319 e. The highest BCUT2D eigenvalue weighted by Gasteiger charge is 2.28. The number of hydrogen-bond acceptors (Lipinski definition) is 1. The first-order valence-electron chi connectivity index (χ1n) is 4.28. The Hall–Kier alpha value is 0.250. The van der Waals surface area contributed by atoms with E-state index in [1.54, 1.807) is 0 Å². The van der Waals surface area contributed by atoms with Crippen LogP contribution in [0, 0.1) is 5.92 Å². The lowest BCUT2D eigenvalue weighted by Crippen LogP contribution is -2.32. The second-order valence-electron chi connectivity index (χ2n) is 3.52. The minimum atomic E-state index is -2.62. The predicted molar refractivity (Wildman–Crippen MR) is 47.4 cm³/mol. The summed E-state index contributed by atoms with van der Waals surface area (Å²) in [6.45, 7) is -0.471. The first-order valence-corrected chi connectivity index (χ1v) is 4.95. The molecule has 1 nitrogen and oxygen atoms in total. The lowest BCUT2D eigenvalue weighted by molar-refractivity contribution is -0.169. The van der Waals surface area contributed by atoms with Crippen LogP contribution in [0.1, 0.15) is 26.2 Å². The minimum absolute atomic E-state index is 0.197. The molecule has 0 heterocycles. The van der Waals surface area contributed by atoms with Crippen LogP contribution in [-0.2, 0) is 4.74 Å². The summed E-state index contributed by atoms with van der Waals surface area (Å²) >= 11 is 0. The van der Waals surface area contributed by atoms with Crippen molar-refractivity contribution >= 4 is 9.24 Å². The Kier molecular flexibility index (Phi) is 3.85. The Bertz CT molecular complexity index is 143. The lowest BCUT2D eigenvalue weighted by atomic mass is 9.88. The summed E-state index contributed by atoms with van der Waals surface area (Å²) in [5, 5.41) is 0. The van der Waals surface area contributed by atoms with Crippen molar-refractivity contribution in [2.24, 2.45) is 5.92 Å². The summed E-state index contributed by atoms with van der Waals surface area (Å²) in [6.07, 6.45) is 2.48. The largest absolute Gasteiger partial charge is 0.345 e. The maximum Gasteiger partial charge on any atom is 0.345 e. The molecule has 1 aliphatic rings. The van der Waals surface area contributed by atoms with Crippen molar-refractivity contribution in [2.45, 2.75) is 44.6 Å². The predicted octanol–water partition coefficient (Wildman–Crippen LogP) is 2.66. The minimum Gasteiger partial charge on any atom is -0.319 e. The topological polar surface area (TPSA) is 9.23 Å². The van der Waals surface area contributed by atoms with Crippen LogP contribution in [0.15, 0.2) is 0 Å². The van der Waals surface area contributed by atoms with E-state index < -0.39 is 6.61 Å². The van der Waals surface area contributed by atoms with Gasteiger partial charge in [0.05, 0.1) is 6.10 Å². The number of alkyl halides is 2. The van der Waals surface area contributed by atoms with Crippen molar-refractivity contribution in [3.63, 3.8) is 0 Å². The van der Waals surface area contributed by atoms with E-state index in [9.17, 15) is 8.78 Å². The third kappa shape index (κ3) is 2.95. The summed E-state index contributed by atoms with van der Waals surface area (Å²) in [6, 6.07) is 0. The van der Waals surface area contributed by atoms with Gasteiger partial charge in [0, 0.05) is 5.66 Å². The molecule has 12 heavy (non-hydrogen) atoms. The second-order valence-corrected chi connectivity index (χ2v) is 4.37. The number of halogens is 2. The van der Waals surface area contributed by atoms with Gasteiger partial charge in [-0.15, -0.1) is 9.24 Å². The summed E-state index contributed by atoms with van der Waals surface area (Å²) < 4.78 is 28.2. The highest BCUT2D eigenvalue weighted by molar-refractivity contribution is 7.17. The van der Waals surface area contributed by atoms with Crippen LogP contribution in [0.25, 0.3) is 0 Å². The van der Waals surface area contributed by atoms with Gasteiger partial charge in [0.25, 0.3) is 0 Å². The van der Waals surface area contributed by atoms with E-state index in [2.05, 4.69) is 20.9 Å². The molecule has 0 aromatic rings. The molecule has 1 aliphatic carbocycles. The normalized spacial score (nSPS) is 37.2. The van der Waals surface area contributed by atoms with Gasteiger partial charge in [-0.05, 0) is 25.2 Å². The zero-order valence-corrected chi connectivity index (χ0v) is 8.33. The summed E-state index contributed by atoms with van der Waals surface area (Å²) in [5.41, 5.74) is 0.197. The molecule has 0 saturated heterocycles. The fourth-order valence-electron chi connectivity index (χ4n) is 1.70. The van der Waals surface area contributed by atoms with Crippen molar-refractivity contribution < 1.29 is 13.5 Å². The third-order valence-electron chi connectivity index (χ3n) is 2.37. The first kappa shape index (κ1) is 10.3. The van der Waals surface area contributed by atoms with E-state index in [0.717, 1.165) is 19.3 Å². The average molecular weight is 196 g/mol. The molecule has 0 bridgehead atoms. The van der Waals surface area contributed by atoms with Gasteiger partial charge in [-0.25, -0.2) is 0 Å². The molecule has 4 heteroatoms. The molecule has 1 rings (SSSR count). The average Bonchev–Trinajstić information content (AvgIpc) is 1.94. The zero-order chi connectivity index (χ0) is 9.14. The van der Waals surface area contributed by atoms with E-state index in [4.69, 9.17) is 0 Å². The van der Waals surface area contributed by atoms with Crippen LogP contribution in [-0.4, -0.2) is 18.4 Å². The fourth-order valence-corrected chi connectivity index (χ4v) is 2.45. The molecular weight excluding hydrogens is 181 g/mol. The maximum absolute atomic E-state index is 11.9. The van der Waals surface area contributed by atoms with Crippen LogP contribution < -0.4 is 0 Å². The molecular formula is C8H15F2OP. The fraction of sp³-hybridized carbons (Fsp3) is 1.00. The zero-order valence-electron chi connectivity index (χ0n) is 7.17. The monoisotopic (exact) mass is 196 g/mol. The van der Waals surface area contributed by atoms with Crippen LogP contribution in [0.5, 0.6) is 0 Å². The van der Waals surface area contributed by atoms with Gasteiger partial charge in [-0.3, -0.25) is 0 Å². The van der Waals surface area contributed by atoms with E-state index in [1.807, 2.05) is 0 Å². The molecule has 0 radical (unpaired) electrons. The van der Waals surface area contributed by atoms with Crippen molar-refractivity contribution in [3.05, 3.63) is 0 Å². The number of hydrogen-bond donors (Lipinski definition) is 0. The maximum atomic E-state index is 11.9. The van der Waals surface area contributed by atoms with E-state index >= 15 is 0 Å². The van der Waals surface area contributed by atoms with Gasteiger partial charge in [0.2, 0.25) is 0 Å². The van der Waals surface area contributed by atoms with Gasteiger partial charge in [0.15, 0.2) is 0 Å². The molecule has 0 amide bonds. The molecule has 0 aromatic carbocycles. The van der Waals surface area contributed by atoms with E-state index in [1.165, 1.54) is 0 Å². The third-order valence-corrected chi connectivity index (χ3v) is 3.08. The Balaban J connectivity index is 2.34. The van der Waals surface area contributed by atoms with Gasteiger partial charge >= 0.3 is 6.61 Å². The lowest BCUT2D eigenvalue weighted by Gasteiger charge is -2.31. The van der Waals surface area contributed by atoms with Gasteiger partial charge in [-0.2, -0.15) is 8.78 Å². The SMILES string of the molecule is CC1CCC(OC(F)F)C(P)C1. The quantitative estimate of drug-likeness (QED) is 0.617. The Labute approximate surface area is 74.1 Å². The van der Waals surface area contributed by atoms with Gasteiger partial charge in [-0.1, -0.05) is 6.92 Å². The molecule has 0 aliphatic heterocycles. The van der Waals surface area contributed by atoms with Crippen LogP contribution in [0.4, 0.5) is 8.78 Å². The summed E-state index contributed by atoms with van der Waals surface area (Å²) in [4.78, 5) is 0. The van der Waals surface area contributed by atoms with E-state index in [-0.39, 0.29) is 11.8 Å². The molecule has 1 saturated carbocycles. The standard InChI is InChI=1S/C8H15F2OP/c1-5-2-3-6(7(12)4-5)11-8(9)10/h5-8H,2-4,12H2,1H3. The number of ether oxygens (including phenoxy) is 1. The van der Waals surface area contributed by atoms with Gasteiger partial charge in [0.1, 0.15) is 0 Å². The summed E-state index contributed by atoms with van der Waals surface area (Å²) in [7, 11) is 2.60. The second kappa shape index (κ2) is 4.48. The number of rotatable bonds is 2. The molecule has 72 valence electrons. The van der Waals surface area contributed by atoms with Crippen LogP contribution in [0.2, 0.25) is 0 Å². The van der Waals surface area contributed by atoms with Gasteiger partial charge < -0.3 is 4.74 Å². The first-order chi connectivity index (χ1) is 5.59. The molecule has 0 aromatic heterocycles. The Morgan fingerprint density at radius 3 is 2.58 bits per heavy atom. The van der Waals surface area contributed by atoms with Crippen molar-refractivity contribution in [1.82, 2.24) is 0 Å². The Morgan fingerprint density at radius 1 is 1.42 bits per heavy atom. The highest BCUT2D eigenvalue weighted by Crippen LogP contribution is 2.31. The van der Waals surface area contributed by atoms with Crippen molar-refractivity contribution in [1.29, 1.82) is 0 Å². The van der Waals surface area contributed by atoms with Crippen molar-refractivity contribution in [2.75, 3.05) is 0 Å². The molecule has 4 unspecified atom stereocenters. The Morgan fingerprint density at radius 2 is 2.08 bits per heavy atom. The summed E-state index contributed by atoms with van der Waals surface area (Å²) in [5.74, 6) is 0.644. The van der Waals surface area contributed by atoms with Crippen LogP contribution >= 0.6 is 9.24 Å².